The van der Waals surface area contributed by atoms with Crippen LogP contribution in [0.2, 0.25) is 5.02 Å². The number of benzene rings is 3. The molecule has 1 N–H and O–H groups in total. The molecule has 1 atom stereocenters. The molecule has 5 rings (SSSR count). The molecule has 1 unspecified atom stereocenters. The molecule has 0 saturated carbocycles. The van der Waals surface area contributed by atoms with Crippen molar-refractivity contribution in [3.63, 3.8) is 0 Å². The number of nitrogens with one attached hydrogen (secondary N) is 1. The first-order valence-corrected chi connectivity index (χ1v) is 12.8. The summed E-state index contributed by atoms with van der Waals surface area (Å²) in [7, 11) is -3.14. The van der Waals surface area contributed by atoms with E-state index in [9.17, 15) is 22.0 Å². The minimum absolute atomic E-state index is 0.0527. The second-order valence-electron chi connectivity index (χ2n) is 8.29. The predicted octanol–water partition coefficient (Wildman–Crippen LogP) is 5.15. The lowest BCUT2D eigenvalue weighted by atomic mass is 10.0. The minimum atomic E-state index is -3.14. The Bertz CT molecular complexity index is 1510. The highest BCUT2D eigenvalue weighted by molar-refractivity contribution is 7.91. The Morgan fingerprint density at radius 2 is 1.82 bits per heavy atom. The number of sulfone groups is 1. The van der Waals surface area contributed by atoms with Crippen molar-refractivity contribution in [2.24, 2.45) is 0 Å². The van der Waals surface area contributed by atoms with Gasteiger partial charge in [-0.05, 0) is 55.0 Å². The summed E-state index contributed by atoms with van der Waals surface area (Å²) in [6.07, 6.45) is 2.08. The van der Waals surface area contributed by atoms with Crippen LogP contribution in [0.4, 0.5) is 8.78 Å². The van der Waals surface area contributed by atoms with Gasteiger partial charge in [-0.15, -0.1) is 0 Å². The zero-order valence-electron chi connectivity index (χ0n) is 17.8. The summed E-state index contributed by atoms with van der Waals surface area (Å²) in [5.74, 6) is -1.32. The Labute approximate surface area is 199 Å². The van der Waals surface area contributed by atoms with Crippen molar-refractivity contribution < 1.29 is 22.0 Å². The fourth-order valence-electron chi connectivity index (χ4n) is 4.32. The molecular formula is C25H19ClF2N2O3S. The zero-order valence-corrected chi connectivity index (χ0v) is 19.3. The van der Waals surface area contributed by atoms with Gasteiger partial charge in [-0.1, -0.05) is 23.7 Å². The van der Waals surface area contributed by atoms with Crippen molar-refractivity contribution in [1.29, 1.82) is 0 Å². The summed E-state index contributed by atoms with van der Waals surface area (Å²) in [4.78, 5) is 12.9. The number of fused-ring (bicyclic) bond motifs is 1. The quantitative estimate of drug-likeness (QED) is 0.421. The monoisotopic (exact) mass is 500 g/mol. The predicted molar refractivity (Wildman–Crippen MR) is 128 cm³/mol. The van der Waals surface area contributed by atoms with Crippen LogP contribution in [-0.2, 0) is 9.84 Å². The first-order valence-electron chi connectivity index (χ1n) is 10.6. The molecule has 0 spiro atoms. The summed E-state index contributed by atoms with van der Waals surface area (Å²) in [5, 5.41) is 3.67. The molecule has 0 bridgehead atoms. The van der Waals surface area contributed by atoms with Crippen LogP contribution in [-0.4, -0.2) is 36.4 Å². The fourth-order valence-corrected chi connectivity index (χ4v) is 6.25. The molecule has 5 nitrogen and oxygen atoms in total. The maximum Gasteiger partial charge on any atom is 0.251 e. The smallest absolute Gasteiger partial charge is 0.251 e. The summed E-state index contributed by atoms with van der Waals surface area (Å²) < 4.78 is 53.5. The Hall–Kier alpha value is -3.23. The van der Waals surface area contributed by atoms with Gasteiger partial charge in [0.15, 0.2) is 9.84 Å². The zero-order chi connectivity index (χ0) is 24.0. The number of hydrogen-bond acceptors (Lipinski definition) is 3. The van der Waals surface area contributed by atoms with E-state index in [1.165, 1.54) is 24.3 Å². The van der Waals surface area contributed by atoms with Crippen molar-refractivity contribution >= 4 is 38.2 Å². The third kappa shape index (κ3) is 4.19. The van der Waals surface area contributed by atoms with Crippen molar-refractivity contribution in [2.45, 2.75) is 12.5 Å². The van der Waals surface area contributed by atoms with Gasteiger partial charge in [-0.25, -0.2) is 17.2 Å². The molecule has 1 aromatic heterocycles. The lowest BCUT2D eigenvalue weighted by molar-refractivity contribution is 0.0941. The lowest BCUT2D eigenvalue weighted by Gasteiger charge is -2.12. The highest BCUT2D eigenvalue weighted by Gasteiger charge is 2.29. The first kappa shape index (κ1) is 22.6. The van der Waals surface area contributed by atoms with Gasteiger partial charge in [0.25, 0.3) is 5.91 Å². The average Bonchev–Trinajstić information content (AvgIpc) is 3.33. The van der Waals surface area contributed by atoms with E-state index >= 15 is 0 Å². The van der Waals surface area contributed by atoms with E-state index in [1.54, 1.807) is 47.2 Å². The van der Waals surface area contributed by atoms with Crippen molar-refractivity contribution in [3.05, 3.63) is 89.1 Å². The first-order chi connectivity index (χ1) is 16.2. The second-order valence-corrected chi connectivity index (χ2v) is 10.9. The molecule has 34 heavy (non-hydrogen) atoms. The van der Waals surface area contributed by atoms with E-state index in [4.69, 9.17) is 11.6 Å². The van der Waals surface area contributed by atoms with E-state index in [-0.39, 0.29) is 22.1 Å². The molecule has 1 fully saturated rings. The van der Waals surface area contributed by atoms with Gasteiger partial charge in [0.2, 0.25) is 0 Å². The third-order valence-corrected chi connectivity index (χ3v) is 8.06. The second kappa shape index (κ2) is 8.52. The molecule has 0 radical (unpaired) electrons. The number of hydrogen-bond donors (Lipinski definition) is 1. The molecule has 0 aliphatic carbocycles. The van der Waals surface area contributed by atoms with Crippen molar-refractivity contribution in [3.8, 4) is 16.8 Å². The standard InChI is InChI=1S/C25H19ClF2N2O3S/c26-21-2-1-3-22(28)24(21)20-13-30(18-7-5-16(27)6-8-18)23-12-15(4-9-19(20)23)25(31)29-17-10-11-34(32,33)14-17/h1-9,12-13,17H,10-11,14H2,(H,29,31). The van der Waals surface area contributed by atoms with Crippen LogP contribution in [0.5, 0.6) is 0 Å². The molecule has 2 heterocycles. The van der Waals surface area contributed by atoms with Crippen LogP contribution in [0.15, 0.2) is 66.9 Å². The van der Waals surface area contributed by atoms with Gasteiger partial charge in [0.05, 0.1) is 22.0 Å². The van der Waals surface area contributed by atoms with Crippen molar-refractivity contribution in [2.75, 3.05) is 11.5 Å². The minimum Gasteiger partial charge on any atom is -0.348 e. The van der Waals surface area contributed by atoms with Crippen LogP contribution < -0.4 is 5.32 Å². The molecule has 1 saturated heterocycles. The number of amides is 1. The van der Waals surface area contributed by atoms with Crippen LogP contribution in [0, 0.1) is 11.6 Å². The van der Waals surface area contributed by atoms with Crippen LogP contribution >= 0.6 is 11.6 Å². The molecule has 9 heteroatoms. The van der Waals surface area contributed by atoms with E-state index in [0.717, 1.165) is 0 Å². The Kier molecular flexibility index (Phi) is 5.65. The highest BCUT2D eigenvalue weighted by Crippen LogP contribution is 2.38. The maximum atomic E-state index is 14.8. The lowest BCUT2D eigenvalue weighted by Crippen LogP contribution is -2.35. The van der Waals surface area contributed by atoms with Crippen LogP contribution in [0.25, 0.3) is 27.7 Å². The summed E-state index contributed by atoms with van der Waals surface area (Å²) >= 11 is 6.33. The van der Waals surface area contributed by atoms with E-state index in [1.807, 2.05) is 0 Å². The molecule has 1 amide bonds. The van der Waals surface area contributed by atoms with Gasteiger partial charge in [0.1, 0.15) is 11.6 Å². The number of rotatable bonds is 4. The number of carbonyl (C=O) groups excluding carboxylic acids is 1. The molecule has 3 aromatic carbocycles. The van der Waals surface area contributed by atoms with E-state index in [2.05, 4.69) is 5.32 Å². The van der Waals surface area contributed by atoms with Gasteiger partial charge >= 0.3 is 0 Å². The molecule has 1 aliphatic heterocycles. The topological polar surface area (TPSA) is 68.2 Å². The summed E-state index contributed by atoms with van der Waals surface area (Å²) in [6, 6.07) is 14.7. The largest absolute Gasteiger partial charge is 0.348 e. The number of nitrogens with zero attached hydrogens (tertiary/aromatic N) is 1. The number of halogens is 3. The third-order valence-electron chi connectivity index (χ3n) is 5.97. The van der Waals surface area contributed by atoms with E-state index < -0.39 is 33.4 Å². The SMILES string of the molecule is O=C(NC1CCS(=O)(=O)C1)c1ccc2c(-c3c(F)cccc3Cl)cn(-c3ccc(F)cc3)c2c1. The van der Waals surface area contributed by atoms with Gasteiger partial charge in [0, 0.05) is 40.0 Å². The Morgan fingerprint density at radius 1 is 1.06 bits per heavy atom. The van der Waals surface area contributed by atoms with Gasteiger partial charge in [-0.3, -0.25) is 4.79 Å². The highest BCUT2D eigenvalue weighted by atomic mass is 35.5. The number of carbonyl (C=O) groups is 1. The Balaban J connectivity index is 1.63. The van der Waals surface area contributed by atoms with Crippen LogP contribution in [0.1, 0.15) is 16.8 Å². The van der Waals surface area contributed by atoms with Crippen LogP contribution in [0.3, 0.4) is 0 Å². The molecule has 4 aromatic rings. The summed E-state index contributed by atoms with van der Waals surface area (Å²) in [6.45, 7) is 0. The normalized spacial score (nSPS) is 17.2. The number of aromatic nitrogens is 1. The maximum absolute atomic E-state index is 14.8. The van der Waals surface area contributed by atoms with Crippen molar-refractivity contribution in [1.82, 2.24) is 9.88 Å². The summed E-state index contributed by atoms with van der Waals surface area (Å²) in [5.41, 5.74) is 2.28. The van der Waals surface area contributed by atoms with E-state index in [0.29, 0.717) is 34.1 Å². The molecular weight excluding hydrogens is 482 g/mol. The Morgan fingerprint density at radius 3 is 2.50 bits per heavy atom. The van der Waals surface area contributed by atoms with Gasteiger partial charge < -0.3 is 9.88 Å². The fraction of sp³-hybridized carbons (Fsp3) is 0.160. The molecule has 1 aliphatic rings. The van der Waals surface area contributed by atoms with Gasteiger partial charge in [-0.2, -0.15) is 0 Å². The molecule has 174 valence electrons. The average molecular weight is 501 g/mol.